The van der Waals surface area contributed by atoms with E-state index in [2.05, 4.69) is 0 Å². The highest BCUT2D eigenvalue weighted by Crippen LogP contribution is 2.57. The fraction of sp³-hybridized carbons (Fsp3) is 0.333. The molecule has 0 aliphatic carbocycles. The van der Waals surface area contributed by atoms with Crippen molar-refractivity contribution >= 4 is 29.1 Å². The number of carbonyl (C=O) groups excluding carboxylic acids is 2. The summed E-state index contributed by atoms with van der Waals surface area (Å²) in [6.07, 6.45) is 2.03. The number of benzene rings is 3. The molecule has 2 fully saturated rings. The van der Waals surface area contributed by atoms with Gasteiger partial charge in [-0.1, -0.05) is 41.4 Å². The molecule has 0 aromatic heterocycles. The average molecular weight is 517 g/mol. The number of piperidine rings is 1. The zero-order valence-electron chi connectivity index (χ0n) is 20.8. The summed E-state index contributed by atoms with van der Waals surface area (Å²) in [5, 5.41) is 0.667. The second-order valence-electron chi connectivity index (χ2n) is 10.1. The molecule has 1 unspecified atom stereocenters. The number of halogens is 1. The lowest BCUT2D eigenvalue weighted by atomic mass is 9.62. The maximum atomic E-state index is 13.8. The van der Waals surface area contributed by atoms with Gasteiger partial charge in [0.05, 0.1) is 24.7 Å². The summed E-state index contributed by atoms with van der Waals surface area (Å²) >= 11 is 6.18. The van der Waals surface area contributed by atoms with Crippen LogP contribution in [0.5, 0.6) is 11.5 Å². The van der Waals surface area contributed by atoms with Crippen LogP contribution in [-0.4, -0.2) is 43.0 Å². The number of aryl methyl sites for hydroxylation is 1. The van der Waals surface area contributed by atoms with Gasteiger partial charge in [-0.3, -0.25) is 9.59 Å². The topological polar surface area (TPSA) is 59.1 Å². The monoisotopic (exact) mass is 516 g/mol. The van der Waals surface area contributed by atoms with Crippen LogP contribution in [0.1, 0.15) is 46.8 Å². The summed E-state index contributed by atoms with van der Waals surface area (Å²) in [4.78, 5) is 30.9. The predicted molar refractivity (Wildman–Crippen MR) is 142 cm³/mol. The Labute approximate surface area is 221 Å². The molecule has 3 aromatic carbocycles. The van der Waals surface area contributed by atoms with Crippen LogP contribution < -0.4 is 14.4 Å². The molecular weight excluding hydrogens is 488 g/mol. The molecular formula is C30H29ClN2O4. The van der Waals surface area contributed by atoms with Gasteiger partial charge in [0.2, 0.25) is 5.91 Å². The number of carbonyl (C=O) groups is 2. The number of fused-ring (bicyclic) bond motifs is 1. The number of amides is 2. The van der Waals surface area contributed by atoms with Gasteiger partial charge < -0.3 is 19.3 Å². The van der Waals surface area contributed by atoms with Crippen LogP contribution in [0.15, 0.2) is 66.7 Å². The summed E-state index contributed by atoms with van der Waals surface area (Å²) < 4.78 is 11.5. The Hall–Kier alpha value is -3.51. The number of anilines is 1. The van der Waals surface area contributed by atoms with Crippen LogP contribution in [0.25, 0.3) is 0 Å². The van der Waals surface area contributed by atoms with Gasteiger partial charge in [-0.05, 0) is 67.8 Å². The molecule has 190 valence electrons. The number of hydrogen-bond acceptors (Lipinski definition) is 4. The van der Waals surface area contributed by atoms with Gasteiger partial charge in [-0.25, -0.2) is 0 Å². The number of hydrogen-bond donors (Lipinski definition) is 0. The Balaban J connectivity index is 1.24. The fourth-order valence-electron chi connectivity index (χ4n) is 5.81. The normalized spacial score (nSPS) is 20.4. The first kappa shape index (κ1) is 23.9. The Morgan fingerprint density at radius 3 is 2.30 bits per heavy atom. The lowest BCUT2D eigenvalue weighted by Gasteiger charge is -2.59. The lowest BCUT2D eigenvalue weighted by Crippen LogP contribution is -2.67. The van der Waals surface area contributed by atoms with E-state index in [1.807, 2.05) is 71.3 Å². The van der Waals surface area contributed by atoms with Crippen LogP contribution in [-0.2, 0) is 4.79 Å². The molecule has 3 heterocycles. The highest BCUT2D eigenvalue weighted by molar-refractivity contribution is 6.30. The van der Waals surface area contributed by atoms with Crippen LogP contribution in [0.4, 0.5) is 5.69 Å². The van der Waals surface area contributed by atoms with Crippen molar-refractivity contribution in [2.45, 2.75) is 32.2 Å². The molecule has 3 aromatic rings. The third-order valence-corrected chi connectivity index (χ3v) is 8.11. The minimum Gasteiger partial charge on any atom is -0.490 e. The van der Waals surface area contributed by atoms with Gasteiger partial charge >= 0.3 is 0 Å². The highest BCUT2D eigenvalue weighted by atomic mass is 35.5. The lowest BCUT2D eigenvalue weighted by molar-refractivity contribution is -0.144. The summed E-state index contributed by atoms with van der Waals surface area (Å²) in [5.41, 5.74) is 3.14. The van der Waals surface area contributed by atoms with E-state index in [1.54, 1.807) is 12.1 Å². The standard InChI is InChI=1S/C30H29ClN2O4/c1-20-3-10-24(11-4-20)33-27(21-5-8-23(31)9-6-21)30(29(33)35)13-15-32(16-14-30)28(34)22-7-12-25-26(19-22)37-18-2-17-36-25/h3-12,19,27H,2,13-18H2,1H3. The number of β-lactam (4-membered cyclic amide) rings is 1. The Kier molecular flexibility index (Phi) is 6.07. The predicted octanol–water partition coefficient (Wildman–Crippen LogP) is 5.82. The van der Waals surface area contributed by atoms with Gasteiger partial charge in [-0.2, -0.15) is 0 Å². The third-order valence-electron chi connectivity index (χ3n) is 7.86. The molecule has 0 bridgehead atoms. The molecule has 1 spiro atoms. The molecule has 3 aliphatic rings. The maximum Gasteiger partial charge on any atom is 0.253 e. The number of ether oxygens (including phenoxy) is 2. The number of nitrogens with zero attached hydrogens (tertiary/aromatic N) is 2. The maximum absolute atomic E-state index is 13.8. The smallest absolute Gasteiger partial charge is 0.253 e. The molecule has 1 atom stereocenters. The van der Waals surface area contributed by atoms with E-state index < -0.39 is 5.41 Å². The summed E-state index contributed by atoms with van der Waals surface area (Å²) in [6, 6.07) is 21.1. The third kappa shape index (κ3) is 4.13. The molecule has 0 radical (unpaired) electrons. The van der Waals surface area contributed by atoms with Crippen molar-refractivity contribution in [3.63, 3.8) is 0 Å². The van der Waals surface area contributed by atoms with Crippen molar-refractivity contribution in [1.82, 2.24) is 4.90 Å². The van der Waals surface area contributed by atoms with Gasteiger partial charge in [0.25, 0.3) is 5.91 Å². The van der Waals surface area contributed by atoms with Crippen LogP contribution in [0.3, 0.4) is 0 Å². The Morgan fingerprint density at radius 2 is 1.59 bits per heavy atom. The van der Waals surface area contributed by atoms with E-state index in [-0.39, 0.29) is 17.9 Å². The van der Waals surface area contributed by atoms with Gasteiger partial charge in [0.1, 0.15) is 0 Å². The van der Waals surface area contributed by atoms with E-state index in [0.717, 1.165) is 23.2 Å². The largest absolute Gasteiger partial charge is 0.490 e. The zero-order valence-corrected chi connectivity index (χ0v) is 21.5. The Bertz CT molecular complexity index is 1330. The SMILES string of the molecule is Cc1ccc(N2C(=O)C3(CCN(C(=O)c4ccc5c(c4)OCCCO5)CC3)C2c2ccc(Cl)cc2)cc1. The Morgan fingerprint density at radius 1 is 0.919 bits per heavy atom. The second kappa shape index (κ2) is 9.42. The molecule has 0 N–H and O–H groups in total. The molecule has 37 heavy (non-hydrogen) atoms. The van der Waals surface area contributed by atoms with E-state index >= 15 is 0 Å². The van der Waals surface area contributed by atoms with Crippen molar-refractivity contribution in [3.8, 4) is 11.5 Å². The average Bonchev–Trinajstić information content (AvgIpc) is 3.17. The van der Waals surface area contributed by atoms with E-state index in [0.29, 0.717) is 61.2 Å². The minimum absolute atomic E-state index is 0.0456. The van der Waals surface area contributed by atoms with Crippen molar-refractivity contribution in [2.75, 3.05) is 31.2 Å². The van der Waals surface area contributed by atoms with Crippen molar-refractivity contribution in [1.29, 1.82) is 0 Å². The molecule has 0 saturated carbocycles. The molecule has 6 nitrogen and oxygen atoms in total. The second-order valence-corrected chi connectivity index (χ2v) is 10.6. The van der Waals surface area contributed by atoms with Gasteiger partial charge in [-0.15, -0.1) is 0 Å². The summed E-state index contributed by atoms with van der Waals surface area (Å²) in [5.74, 6) is 1.37. The first-order valence-corrected chi connectivity index (χ1v) is 13.2. The van der Waals surface area contributed by atoms with Crippen LogP contribution in [0, 0.1) is 12.3 Å². The van der Waals surface area contributed by atoms with Crippen molar-refractivity contribution in [2.24, 2.45) is 5.41 Å². The van der Waals surface area contributed by atoms with Crippen molar-refractivity contribution < 1.29 is 19.1 Å². The number of rotatable bonds is 3. The fourth-order valence-corrected chi connectivity index (χ4v) is 5.94. The van der Waals surface area contributed by atoms with E-state index in [4.69, 9.17) is 21.1 Å². The van der Waals surface area contributed by atoms with Crippen molar-refractivity contribution in [3.05, 3.63) is 88.4 Å². The van der Waals surface area contributed by atoms with E-state index in [1.165, 1.54) is 0 Å². The summed E-state index contributed by atoms with van der Waals surface area (Å²) in [7, 11) is 0. The zero-order chi connectivity index (χ0) is 25.6. The number of likely N-dealkylation sites (tertiary alicyclic amines) is 1. The van der Waals surface area contributed by atoms with Crippen LogP contribution in [0.2, 0.25) is 5.02 Å². The van der Waals surface area contributed by atoms with Crippen LogP contribution >= 0.6 is 11.6 Å². The quantitative estimate of drug-likeness (QED) is 0.411. The molecule has 2 saturated heterocycles. The van der Waals surface area contributed by atoms with E-state index in [9.17, 15) is 9.59 Å². The van der Waals surface area contributed by atoms with Gasteiger partial charge in [0.15, 0.2) is 11.5 Å². The van der Waals surface area contributed by atoms with Gasteiger partial charge in [0, 0.05) is 35.8 Å². The molecule has 3 aliphatic heterocycles. The highest BCUT2D eigenvalue weighted by Gasteiger charge is 2.62. The minimum atomic E-state index is -0.541. The molecule has 6 rings (SSSR count). The summed E-state index contributed by atoms with van der Waals surface area (Å²) in [6.45, 7) is 4.25. The molecule has 2 amide bonds. The molecule has 7 heteroatoms. The first-order valence-electron chi connectivity index (χ1n) is 12.8. The first-order chi connectivity index (χ1) is 18.0.